The van der Waals surface area contributed by atoms with Crippen LogP contribution in [0, 0.1) is 6.08 Å². The second-order valence-electron chi connectivity index (χ2n) is 3.65. The predicted molar refractivity (Wildman–Crippen MR) is 49.9 cm³/mol. The van der Waals surface area contributed by atoms with Crippen LogP contribution in [0.1, 0.15) is 19.3 Å². The highest BCUT2D eigenvalue weighted by molar-refractivity contribution is 4.89. The van der Waals surface area contributed by atoms with Gasteiger partial charge in [0.1, 0.15) is 0 Å². The second kappa shape index (κ2) is 4.06. The summed E-state index contributed by atoms with van der Waals surface area (Å²) in [4.78, 5) is 2.57. The number of hydrogen-bond donors (Lipinski definition) is 1. The van der Waals surface area contributed by atoms with Crippen LogP contribution >= 0.6 is 0 Å². The topological polar surface area (TPSA) is 15.3 Å². The van der Waals surface area contributed by atoms with E-state index in [0.717, 1.165) is 19.0 Å². The Morgan fingerprint density at radius 2 is 2.50 bits per heavy atom. The van der Waals surface area contributed by atoms with Gasteiger partial charge in [0.25, 0.3) is 0 Å². The molecule has 1 atom stereocenters. The molecule has 0 aromatic heterocycles. The first-order valence-electron chi connectivity index (χ1n) is 4.96. The van der Waals surface area contributed by atoms with Gasteiger partial charge >= 0.3 is 0 Å². The number of hydrogen-bond acceptors (Lipinski definition) is 2. The Morgan fingerprint density at radius 1 is 1.50 bits per heavy atom. The third-order valence-electron chi connectivity index (χ3n) is 2.80. The summed E-state index contributed by atoms with van der Waals surface area (Å²) in [5, 5.41) is 3.46. The van der Waals surface area contributed by atoms with Gasteiger partial charge in [-0.15, -0.1) is 0 Å². The maximum absolute atomic E-state index is 3.46. The zero-order chi connectivity index (χ0) is 8.23. The molecule has 0 spiro atoms. The molecular formula is C10H17N2. The Morgan fingerprint density at radius 3 is 3.17 bits per heavy atom. The summed E-state index contributed by atoms with van der Waals surface area (Å²) in [5.74, 6) is 0. The summed E-state index contributed by atoms with van der Waals surface area (Å²) in [6, 6.07) is 0.789. The van der Waals surface area contributed by atoms with Crippen molar-refractivity contribution < 1.29 is 0 Å². The fourth-order valence-electron chi connectivity index (χ4n) is 2.06. The highest BCUT2D eigenvalue weighted by atomic mass is 15.2. The average Bonchev–Trinajstić information content (AvgIpc) is 2.21. The van der Waals surface area contributed by atoms with E-state index in [-0.39, 0.29) is 0 Å². The minimum absolute atomic E-state index is 0.789. The van der Waals surface area contributed by atoms with Crippen LogP contribution in [0.15, 0.2) is 6.08 Å². The van der Waals surface area contributed by atoms with Crippen LogP contribution in [-0.4, -0.2) is 37.1 Å². The minimum atomic E-state index is 0.789. The monoisotopic (exact) mass is 165 g/mol. The van der Waals surface area contributed by atoms with Crippen LogP contribution in [-0.2, 0) is 0 Å². The molecule has 2 aliphatic rings. The molecular weight excluding hydrogens is 148 g/mol. The first kappa shape index (κ1) is 8.27. The van der Waals surface area contributed by atoms with Crippen LogP contribution in [0.2, 0.25) is 0 Å². The molecule has 1 fully saturated rings. The third kappa shape index (κ3) is 1.87. The van der Waals surface area contributed by atoms with Crippen molar-refractivity contribution in [3.8, 4) is 0 Å². The number of nitrogens with zero attached hydrogens (tertiary/aromatic N) is 1. The molecule has 0 saturated carbocycles. The van der Waals surface area contributed by atoms with Crippen molar-refractivity contribution in [2.24, 2.45) is 0 Å². The van der Waals surface area contributed by atoms with Gasteiger partial charge in [0.05, 0.1) is 0 Å². The summed E-state index contributed by atoms with van der Waals surface area (Å²) >= 11 is 0. The van der Waals surface area contributed by atoms with Crippen molar-refractivity contribution in [2.75, 3.05) is 26.2 Å². The largest absolute Gasteiger partial charge is 0.315 e. The lowest BCUT2D eigenvalue weighted by molar-refractivity contribution is 0.179. The molecule has 1 saturated heterocycles. The van der Waals surface area contributed by atoms with Crippen molar-refractivity contribution in [3.05, 3.63) is 12.2 Å². The van der Waals surface area contributed by atoms with E-state index in [0.29, 0.717) is 0 Å². The fraction of sp³-hybridized carbons (Fsp3) is 0.800. The minimum Gasteiger partial charge on any atom is -0.315 e. The second-order valence-corrected chi connectivity index (χ2v) is 3.65. The molecule has 2 heteroatoms. The van der Waals surface area contributed by atoms with Crippen LogP contribution < -0.4 is 5.32 Å². The predicted octanol–water partition coefficient (Wildman–Crippen LogP) is 0.803. The Bertz CT molecular complexity index is 159. The quantitative estimate of drug-likeness (QED) is 0.618. The standard InChI is InChI=1S/C10H17N2/c1-2-7-12(8-3-1)10-5-4-6-11-9-10/h2,10-11H,3-9H2/t10-/m0/s1. The Hall–Kier alpha value is -0.340. The zero-order valence-electron chi connectivity index (χ0n) is 7.55. The van der Waals surface area contributed by atoms with Crippen LogP contribution in [0.4, 0.5) is 0 Å². The van der Waals surface area contributed by atoms with Gasteiger partial charge in [-0.05, 0) is 31.9 Å². The van der Waals surface area contributed by atoms with Gasteiger partial charge in [-0.25, -0.2) is 0 Å². The lowest BCUT2D eigenvalue weighted by Crippen LogP contribution is -2.47. The SMILES string of the molecule is [C]1=CCN([C@H]2CCCNC2)CC1. The van der Waals surface area contributed by atoms with E-state index in [1.54, 1.807) is 0 Å². The first-order valence-corrected chi connectivity index (χ1v) is 4.96. The van der Waals surface area contributed by atoms with Crippen molar-refractivity contribution >= 4 is 0 Å². The molecule has 2 rings (SSSR count). The molecule has 0 bridgehead atoms. The first-order chi connectivity index (χ1) is 5.97. The smallest absolute Gasteiger partial charge is 0.0224 e. The number of piperidine rings is 1. The van der Waals surface area contributed by atoms with E-state index >= 15 is 0 Å². The lowest BCUT2D eigenvalue weighted by Gasteiger charge is -2.35. The molecule has 1 radical (unpaired) electrons. The van der Waals surface area contributed by atoms with Crippen LogP contribution in [0.3, 0.4) is 0 Å². The summed E-state index contributed by atoms with van der Waals surface area (Å²) in [7, 11) is 0. The third-order valence-corrected chi connectivity index (χ3v) is 2.80. The molecule has 0 unspecified atom stereocenters. The summed E-state index contributed by atoms with van der Waals surface area (Å²) in [5.41, 5.74) is 0. The fourth-order valence-corrected chi connectivity index (χ4v) is 2.06. The Kier molecular flexibility index (Phi) is 2.79. The number of rotatable bonds is 1. The normalized spacial score (nSPS) is 32.2. The van der Waals surface area contributed by atoms with Gasteiger partial charge in [-0.2, -0.15) is 0 Å². The van der Waals surface area contributed by atoms with Gasteiger partial charge in [0.2, 0.25) is 0 Å². The molecule has 0 aromatic carbocycles. The van der Waals surface area contributed by atoms with Crippen molar-refractivity contribution in [3.63, 3.8) is 0 Å². The average molecular weight is 165 g/mol. The van der Waals surface area contributed by atoms with Gasteiger partial charge in [-0.1, -0.05) is 6.08 Å². The van der Waals surface area contributed by atoms with Crippen molar-refractivity contribution in [2.45, 2.75) is 25.3 Å². The van der Waals surface area contributed by atoms with Gasteiger partial charge in [0, 0.05) is 25.7 Å². The molecule has 2 heterocycles. The van der Waals surface area contributed by atoms with Gasteiger partial charge < -0.3 is 5.32 Å². The zero-order valence-corrected chi connectivity index (χ0v) is 7.55. The highest BCUT2D eigenvalue weighted by Crippen LogP contribution is 2.12. The van der Waals surface area contributed by atoms with Crippen LogP contribution in [0.25, 0.3) is 0 Å². The summed E-state index contributed by atoms with van der Waals surface area (Å²) < 4.78 is 0. The van der Waals surface area contributed by atoms with E-state index in [1.807, 2.05) is 0 Å². The molecule has 67 valence electrons. The molecule has 2 nitrogen and oxygen atoms in total. The van der Waals surface area contributed by atoms with E-state index in [9.17, 15) is 0 Å². The van der Waals surface area contributed by atoms with Gasteiger partial charge in [-0.3, -0.25) is 4.90 Å². The summed E-state index contributed by atoms with van der Waals surface area (Å²) in [6.45, 7) is 4.73. The lowest BCUT2D eigenvalue weighted by atomic mass is 10.0. The van der Waals surface area contributed by atoms with Crippen molar-refractivity contribution in [1.82, 2.24) is 10.2 Å². The Balaban J connectivity index is 1.85. The molecule has 1 N–H and O–H groups in total. The van der Waals surface area contributed by atoms with E-state index in [4.69, 9.17) is 0 Å². The molecule has 0 aliphatic carbocycles. The molecule has 2 aliphatic heterocycles. The van der Waals surface area contributed by atoms with Crippen LogP contribution in [0.5, 0.6) is 0 Å². The van der Waals surface area contributed by atoms with Gasteiger partial charge in [0.15, 0.2) is 0 Å². The Labute approximate surface area is 74.6 Å². The maximum atomic E-state index is 3.46. The van der Waals surface area contributed by atoms with E-state index in [2.05, 4.69) is 22.4 Å². The summed E-state index contributed by atoms with van der Waals surface area (Å²) in [6.07, 6.45) is 9.28. The van der Waals surface area contributed by atoms with E-state index in [1.165, 1.54) is 32.5 Å². The number of nitrogens with one attached hydrogen (secondary N) is 1. The maximum Gasteiger partial charge on any atom is 0.0224 e. The molecule has 0 aromatic rings. The highest BCUT2D eigenvalue weighted by Gasteiger charge is 2.20. The van der Waals surface area contributed by atoms with Crippen molar-refractivity contribution in [1.29, 1.82) is 0 Å². The molecule has 0 amide bonds. The molecule has 12 heavy (non-hydrogen) atoms. The van der Waals surface area contributed by atoms with E-state index < -0.39 is 0 Å².